The summed E-state index contributed by atoms with van der Waals surface area (Å²) in [6, 6.07) is 6.31. The third-order valence-electron chi connectivity index (χ3n) is 4.34. The van der Waals surface area contributed by atoms with Crippen LogP contribution in [0.4, 0.5) is 0 Å². The number of aryl methyl sites for hydroxylation is 2. The smallest absolute Gasteiger partial charge is 0.224 e. The Morgan fingerprint density at radius 2 is 2.29 bits per heavy atom. The largest absolute Gasteiger partial charge is 0.342 e. The van der Waals surface area contributed by atoms with Crippen molar-refractivity contribution in [1.29, 1.82) is 0 Å². The maximum Gasteiger partial charge on any atom is 0.224 e. The van der Waals surface area contributed by atoms with Gasteiger partial charge in [-0.2, -0.15) is 5.10 Å². The number of aromatic nitrogens is 2. The monoisotopic (exact) mass is 285 g/mol. The van der Waals surface area contributed by atoms with Gasteiger partial charge in [-0.15, -0.1) is 0 Å². The Hall–Kier alpha value is -1.84. The van der Waals surface area contributed by atoms with Crippen molar-refractivity contribution < 1.29 is 4.79 Å². The van der Waals surface area contributed by atoms with Crippen molar-refractivity contribution >= 4 is 16.8 Å². The van der Waals surface area contributed by atoms with Crippen LogP contribution in [0, 0.1) is 12.8 Å². The van der Waals surface area contributed by atoms with Crippen molar-refractivity contribution in [1.82, 2.24) is 14.7 Å². The Balaban J connectivity index is 1.64. The van der Waals surface area contributed by atoms with Gasteiger partial charge in [-0.1, -0.05) is 18.6 Å². The van der Waals surface area contributed by atoms with Crippen LogP contribution < -0.4 is 0 Å². The average molecular weight is 285 g/mol. The van der Waals surface area contributed by atoms with Crippen molar-refractivity contribution in [2.24, 2.45) is 5.92 Å². The van der Waals surface area contributed by atoms with E-state index in [0.29, 0.717) is 18.9 Å². The number of carbonyl (C=O) groups is 1. The minimum Gasteiger partial charge on any atom is -0.342 e. The first-order chi connectivity index (χ1) is 10.1. The first-order valence-electron chi connectivity index (χ1n) is 7.83. The molecule has 21 heavy (non-hydrogen) atoms. The summed E-state index contributed by atoms with van der Waals surface area (Å²) in [5, 5.41) is 5.56. The second kappa shape index (κ2) is 5.88. The zero-order valence-electron chi connectivity index (χ0n) is 12.9. The van der Waals surface area contributed by atoms with Crippen LogP contribution in [0.1, 0.15) is 31.7 Å². The van der Waals surface area contributed by atoms with E-state index < -0.39 is 0 Å². The number of amides is 1. The maximum atomic E-state index is 12.3. The Morgan fingerprint density at radius 3 is 3.10 bits per heavy atom. The van der Waals surface area contributed by atoms with Gasteiger partial charge < -0.3 is 4.90 Å². The fourth-order valence-electron chi connectivity index (χ4n) is 3.16. The zero-order valence-corrected chi connectivity index (χ0v) is 12.9. The molecule has 0 bridgehead atoms. The Bertz CT molecular complexity index is 647. The lowest BCUT2D eigenvalue weighted by molar-refractivity contribution is -0.133. The van der Waals surface area contributed by atoms with Gasteiger partial charge in [-0.3, -0.25) is 9.48 Å². The molecule has 4 nitrogen and oxygen atoms in total. The molecule has 1 aromatic carbocycles. The summed E-state index contributed by atoms with van der Waals surface area (Å²) in [7, 11) is 0. The molecule has 0 unspecified atom stereocenters. The van der Waals surface area contributed by atoms with E-state index in [1.807, 2.05) is 15.8 Å². The summed E-state index contributed by atoms with van der Waals surface area (Å²) in [6.07, 6.45) is 4.80. The molecule has 2 aromatic rings. The van der Waals surface area contributed by atoms with Crippen molar-refractivity contribution in [3.63, 3.8) is 0 Å². The number of hydrogen-bond donors (Lipinski definition) is 0. The van der Waals surface area contributed by atoms with Gasteiger partial charge in [0.15, 0.2) is 0 Å². The van der Waals surface area contributed by atoms with E-state index in [4.69, 9.17) is 0 Å². The first-order valence-corrected chi connectivity index (χ1v) is 7.83. The van der Waals surface area contributed by atoms with E-state index in [0.717, 1.165) is 30.4 Å². The van der Waals surface area contributed by atoms with Crippen LogP contribution in [0.5, 0.6) is 0 Å². The molecule has 1 aliphatic heterocycles. The number of rotatable bonds is 3. The highest BCUT2D eigenvalue weighted by Crippen LogP contribution is 2.18. The number of likely N-dealkylation sites (tertiary alicyclic amines) is 1. The standard InChI is InChI=1S/C17H23N3O/c1-13-5-6-16-15(10-13)11-18-20(16)9-7-17(21)19-8-3-4-14(2)12-19/h5-6,10-11,14H,3-4,7-9,12H2,1-2H3/t14-/m1/s1. The Morgan fingerprint density at radius 1 is 1.43 bits per heavy atom. The first kappa shape index (κ1) is 14.1. The van der Waals surface area contributed by atoms with Gasteiger partial charge in [0, 0.05) is 24.9 Å². The Kier molecular flexibility index (Phi) is 3.95. The van der Waals surface area contributed by atoms with Gasteiger partial charge in [-0.05, 0) is 37.8 Å². The zero-order chi connectivity index (χ0) is 14.8. The van der Waals surface area contributed by atoms with E-state index in [2.05, 4.69) is 37.1 Å². The van der Waals surface area contributed by atoms with Gasteiger partial charge in [0.05, 0.1) is 18.3 Å². The van der Waals surface area contributed by atoms with Crippen LogP contribution in [0.25, 0.3) is 10.9 Å². The average Bonchev–Trinajstić information content (AvgIpc) is 2.87. The molecule has 112 valence electrons. The number of fused-ring (bicyclic) bond motifs is 1. The van der Waals surface area contributed by atoms with Gasteiger partial charge in [0.1, 0.15) is 0 Å². The van der Waals surface area contributed by atoms with Gasteiger partial charge in [0.2, 0.25) is 5.91 Å². The summed E-state index contributed by atoms with van der Waals surface area (Å²) in [5.41, 5.74) is 2.35. The lowest BCUT2D eigenvalue weighted by Gasteiger charge is -2.31. The number of piperidine rings is 1. The van der Waals surface area contributed by atoms with E-state index in [9.17, 15) is 4.79 Å². The van der Waals surface area contributed by atoms with Crippen LogP contribution in [0.3, 0.4) is 0 Å². The lowest BCUT2D eigenvalue weighted by atomic mass is 10.00. The molecule has 2 heterocycles. The van der Waals surface area contributed by atoms with E-state index in [1.165, 1.54) is 12.0 Å². The highest BCUT2D eigenvalue weighted by Gasteiger charge is 2.20. The summed E-state index contributed by atoms with van der Waals surface area (Å²) in [5.74, 6) is 0.897. The molecule has 1 aliphatic rings. The van der Waals surface area contributed by atoms with Crippen molar-refractivity contribution in [2.75, 3.05) is 13.1 Å². The SMILES string of the molecule is Cc1ccc2c(cnn2CCC(=O)N2CCC[C@@H](C)C2)c1. The minimum absolute atomic E-state index is 0.261. The predicted octanol–water partition coefficient (Wildman–Crippen LogP) is 2.99. The molecule has 0 aliphatic carbocycles. The lowest BCUT2D eigenvalue weighted by Crippen LogP contribution is -2.39. The van der Waals surface area contributed by atoms with E-state index in [1.54, 1.807) is 0 Å². The topological polar surface area (TPSA) is 38.1 Å². The second-order valence-corrected chi connectivity index (χ2v) is 6.27. The summed E-state index contributed by atoms with van der Waals surface area (Å²) in [6.45, 7) is 6.80. The number of carbonyl (C=O) groups excluding carboxylic acids is 1. The van der Waals surface area contributed by atoms with Crippen LogP contribution in [0.2, 0.25) is 0 Å². The fraction of sp³-hybridized carbons (Fsp3) is 0.529. The molecule has 0 saturated carbocycles. The molecule has 0 radical (unpaired) electrons. The van der Waals surface area contributed by atoms with Crippen molar-refractivity contribution in [3.05, 3.63) is 30.0 Å². The summed E-state index contributed by atoms with van der Waals surface area (Å²) < 4.78 is 1.94. The minimum atomic E-state index is 0.261. The highest BCUT2D eigenvalue weighted by atomic mass is 16.2. The quantitative estimate of drug-likeness (QED) is 0.869. The van der Waals surface area contributed by atoms with Crippen molar-refractivity contribution in [3.8, 4) is 0 Å². The van der Waals surface area contributed by atoms with Crippen LogP contribution in [-0.2, 0) is 11.3 Å². The van der Waals surface area contributed by atoms with E-state index >= 15 is 0 Å². The normalized spacial score (nSPS) is 19.1. The fourth-order valence-corrected chi connectivity index (χ4v) is 3.16. The summed E-state index contributed by atoms with van der Waals surface area (Å²) in [4.78, 5) is 14.3. The Labute approximate surface area is 125 Å². The molecular formula is C17H23N3O. The van der Waals surface area contributed by atoms with Crippen molar-refractivity contribution in [2.45, 2.75) is 39.7 Å². The number of nitrogens with zero attached hydrogens (tertiary/aromatic N) is 3. The molecular weight excluding hydrogens is 262 g/mol. The highest BCUT2D eigenvalue weighted by molar-refractivity contribution is 5.80. The summed E-state index contributed by atoms with van der Waals surface area (Å²) >= 11 is 0. The van der Waals surface area contributed by atoms with Crippen LogP contribution in [0.15, 0.2) is 24.4 Å². The maximum absolute atomic E-state index is 12.3. The number of hydrogen-bond acceptors (Lipinski definition) is 2. The van der Waals surface area contributed by atoms with Gasteiger partial charge in [-0.25, -0.2) is 0 Å². The molecule has 1 saturated heterocycles. The molecule has 0 N–H and O–H groups in total. The molecule has 3 rings (SSSR count). The third-order valence-corrected chi connectivity index (χ3v) is 4.34. The molecule has 0 spiro atoms. The van der Waals surface area contributed by atoms with Crippen LogP contribution in [-0.4, -0.2) is 33.7 Å². The van der Waals surface area contributed by atoms with Gasteiger partial charge in [0.25, 0.3) is 0 Å². The molecule has 1 aromatic heterocycles. The second-order valence-electron chi connectivity index (χ2n) is 6.27. The molecule has 1 fully saturated rings. The van der Waals surface area contributed by atoms with E-state index in [-0.39, 0.29) is 5.91 Å². The van der Waals surface area contributed by atoms with Crippen LogP contribution >= 0.6 is 0 Å². The molecule has 4 heteroatoms. The predicted molar refractivity (Wildman–Crippen MR) is 84.1 cm³/mol. The third kappa shape index (κ3) is 3.09. The molecule has 1 amide bonds. The number of benzene rings is 1. The molecule has 1 atom stereocenters. The van der Waals surface area contributed by atoms with Gasteiger partial charge >= 0.3 is 0 Å².